The molecule has 1 aliphatic carbocycles. The largest absolute Gasteiger partial charge is 0.326 e. The molecule has 0 spiro atoms. The molecule has 0 unspecified atom stereocenters. The van der Waals surface area contributed by atoms with Crippen molar-refractivity contribution >= 4 is 5.57 Å². The molecule has 2 N–H and O–H groups in total. The maximum Gasteiger partial charge on any atom is 0.0178 e. The van der Waals surface area contributed by atoms with Gasteiger partial charge in [0.05, 0.1) is 0 Å². The maximum atomic E-state index is 5.55. The first-order valence-corrected chi connectivity index (χ1v) is 5.05. The predicted molar refractivity (Wildman–Crippen MR) is 60.7 cm³/mol. The van der Waals surface area contributed by atoms with E-state index in [1.54, 1.807) is 0 Å². The smallest absolute Gasteiger partial charge is 0.0178 e. The molecular formula is C13H15N. The van der Waals surface area contributed by atoms with Crippen LogP contribution in [0.5, 0.6) is 0 Å². The topological polar surface area (TPSA) is 26.0 Å². The number of hydrogen-bond donors (Lipinski definition) is 1. The lowest BCUT2D eigenvalue weighted by Gasteiger charge is -2.09. The van der Waals surface area contributed by atoms with Gasteiger partial charge >= 0.3 is 0 Å². The Morgan fingerprint density at radius 1 is 1.14 bits per heavy atom. The van der Waals surface area contributed by atoms with Crippen molar-refractivity contribution in [1.82, 2.24) is 0 Å². The van der Waals surface area contributed by atoms with E-state index in [1.807, 2.05) is 0 Å². The monoisotopic (exact) mass is 185 g/mol. The fourth-order valence-corrected chi connectivity index (χ4v) is 1.70. The Balaban J connectivity index is 2.24. The lowest BCUT2D eigenvalue weighted by atomic mass is 9.97. The van der Waals surface area contributed by atoms with Crippen molar-refractivity contribution in [3.05, 3.63) is 53.6 Å². The molecule has 2 rings (SSSR count). The Bertz CT molecular complexity index is 357. The van der Waals surface area contributed by atoms with E-state index in [9.17, 15) is 0 Å². The highest BCUT2D eigenvalue weighted by Crippen LogP contribution is 2.23. The van der Waals surface area contributed by atoms with Crippen LogP contribution in [0.4, 0.5) is 0 Å². The Morgan fingerprint density at radius 2 is 1.93 bits per heavy atom. The number of hydrogen-bond acceptors (Lipinski definition) is 1. The van der Waals surface area contributed by atoms with Crippen LogP contribution < -0.4 is 5.73 Å². The minimum absolute atomic E-state index is 0.624. The summed E-state index contributed by atoms with van der Waals surface area (Å²) in [6, 6.07) is 8.53. The zero-order chi connectivity index (χ0) is 9.80. The maximum absolute atomic E-state index is 5.55. The highest BCUT2D eigenvalue weighted by molar-refractivity contribution is 5.68. The molecule has 72 valence electrons. The first-order valence-electron chi connectivity index (χ1n) is 5.05. The van der Waals surface area contributed by atoms with Crippen LogP contribution in [0.2, 0.25) is 0 Å². The summed E-state index contributed by atoms with van der Waals surface area (Å²) in [7, 11) is 0. The van der Waals surface area contributed by atoms with Gasteiger partial charge in [0.25, 0.3) is 0 Å². The van der Waals surface area contributed by atoms with E-state index in [0.29, 0.717) is 6.54 Å². The standard InChI is InChI=1S/C13H15N/c14-10-11-6-8-13(9-7-11)12-4-2-1-3-5-12/h1-2,4,6-9H,3,5,10,14H2. The SMILES string of the molecule is NCc1ccc(C2=CC=CCC2)cc1. The number of allylic oxidation sites excluding steroid dienone is 4. The van der Waals surface area contributed by atoms with Crippen LogP contribution in [0.25, 0.3) is 5.57 Å². The van der Waals surface area contributed by atoms with Crippen LogP contribution in [0.1, 0.15) is 24.0 Å². The molecule has 0 saturated heterocycles. The van der Waals surface area contributed by atoms with Crippen molar-refractivity contribution in [2.75, 3.05) is 0 Å². The van der Waals surface area contributed by atoms with Crippen molar-refractivity contribution < 1.29 is 0 Å². The van der Waals surface area contributed by atoms with Crippen molar-refractivity contribution in [2.45, 2.75) is 19.4 Å². The van der Waals surface area contributed by atoms with Crippen molar-refractivity contribution in [2.24, 2.45) is 5.73 Å². The third kappa shape index (κ3) is 1.94. The van der Waals surface area contributed by atoms with Gasteiger partial charge in [-0.1, -0.05) is 42.5 Å². The second kappa shape index (κ2) is 4.25. The van der Waals surface area contributed by atoms with E-state index in [0.717, 1.165) is 12.8 Å². The summed E-state index contributed by atoms with van der Waals surface area (Å²) in [5.74, 6) is 0. The quantitative estimate of drug-likeness (QED) is 0.753. The van der Waals surface area contributed by atoms with Gasteiger partial charge in [0, 0.05) is 6.54 Å². The van der Waals surface area contributed by atoms with Crippen molar-refractivity contribution in [3.63, 3.8) is 0 Å². The first-order chi connectivity index (χ1) is 6.90. The van der Waals surface area contributed by atoms with E-state index in [1.165, 1.54) is 16.7 Å². The fourth-order valence-electron chi connectivity index (χ4n) is 1.70. The molecule has 1 nitrogen and oxygen atoms in total. The Morgan fingerprint density at radius 3 is 2.50 bits per heavy atom. The molecule has 0 heterocycles. The number of rotatable bonds is 2. The number of benzene rings is 1. The summed E-state index contributed by atoms with van der Waals surface area (Å²) in [4.78, 5) is 0. The van der Waals surface area contributed by atoms with E-state index in [2.05, 4.69) is 42.5 Å². The van der Waals surface area contributed by atoms with Crippen LogP contribution in [0.15, 0.2) is 42.5 Å². The van der Waals surface area contributed by atoms with E-state index in [-0.39, 0.29) is 0 Å². The molecule has 0 atom stereocenters. The molecular weight excluding hydrogens is 170 g/mol. The van der Waals surface area contributed by atoms with Gasteiger partial charge in [0.1, 0.15) is 0 Å². The van der Waals surface area contributed by atoms with Gasteiger partial charge < -0.3 is 5.73 Å². The summed E-state index contributed by atoms with van der Waals surface area (Å²) in [6.07, 6.45) is 8.84. The lowest BCUT2D eigenvalue weighted by Crippen LogP contribution is -1.96. The average molecular weight is 185 g/mol. The van der Waals surface area contributed by atoms with E-state index in [4.69, 9.17) is 5.73 Å². The molecule has 0 saturated carbocycles. The Hall–Kier alpha value is -1.34. The third-order valence-corrected chi connectivity index (χ3v) is 2.57. The molecule has 14 heavy (non-hydrogen) atoms. The molecule has 0 aromatic heterocycles. The van der Waals surface area contributed by atoms with Gasteiger partial charge in [0.2, 0.25) is 0 Å². The second-order valence-corrected chi connectivity index (χ2v) is 3.56. The molecule has 0 fully saturated rings. The molecule has 1 aromatic rings. The second-order valence-electron chi connectivity index (χ2n) is 3.56. The zero-order valence-corrected chi connectivity index (χ0v) is 8.24. The fraction of sp³-hybridized carbons (Fsp3) is 0.231. The van der Waals surface area contributed by atoms with Gasteiger partial charge in [-0.15, -0.1) is 0 Å². The van der Waals surface area contributed by atoms with Gasteiger partial charge in [0.15, 0.2) is 0 Å². The summed E-state index contributed by atoms with van der Waals surface area (Å²) in [6.45, 7) is 0.624. The van der Waals surface area contributed by atoms with Crippen LogP contribution >= 0.6 is 0 Å². The predicted octanol–water partition coefficient (Wildman–Crippen LogP) is 2.88. The Kier molecular flexibility index (Phi) is 2.80. The van der Waals surface area contributed by atoms with Crippen molar-refractivity contribution in [3.8, 4) is 0 Å². The minimum Gasteiger partial charge on any atom is -0.326 e. The van der Waals surface area contributed by atoms with Crippen LogP contribution in [-0.2, 0) is 6.54 Å². The summed E-state index contributed by atoms with van der Waals surface area (Å²) < 4.78 is 0. The molecule has 0 aliphatic heterocycles. The Labute approximate surface area is 84.9 Å². The zero-order valence-electron chi connectivity index (χ0n) is 8.24. The summed E-state index contributed by atoms with van der Waals surface area (Å²) >= 11 is 0. The molecule has 0 amide bonds. The van der Waals surface area contributed by atoms with Crippen LogP contribution in [0.3, 0.4) is 0 Å². The lowest BCUT2D eigenvalue weighted by molar-refractivity contribution is 1.05. The van der Waals surface area contributed by atoms with Gasteiger partial charge in [-0.05, 0) is 29.5 Å². The van der Waals surface area contributed by atoms with Crippen LogP contribution in [0, 0.1) is 0 Å². The highest BCUT2D eigenvalue weighted by Gasteiger charge is 2.02. The first kappa shape index (κ1) is 9.22. The third-order valence-electron chi connectivity index (χ3n) is 2.57. The molecule has 1 heteroatoms. The molecule has 1 aliphatic rings. The summed E-state index contributed by atoms with van der Waals surface area (Å²) in [5, 5.41) is 0. The average Bonchev–Trinajstić information content (AvgIpc) is 2.30. The van der Waals surface area contributed by atoms with Crippen LogP contribution in [-0.4, -0.2) is 0 Å². The van der Waals surface area contributed by atoms with Gasteiger partial charge in [-0.25, -0.2) is 0 Å². The normalized spacial score (nSPS) is 15.4. The van der Waals surface area contributed by atoms with E-state index >= 15 is 0 Å². The number of nitrogens with two attached hydrogens (primary N) is 1. The van der Waals surface area contributed by atoms with E-state index < -0.39 is 0 Å². The molecule has 1 aromatic carbocycles. The highest BCUT2D eigenvalue weighted by atomic mass is 14.5. The molecule has 0 bridgehead atoms. The summed E-state index contributed by atoms with van der Waals surface area (Å²) in [5.41, 5.74) is 9.50. The molecule has 0 radical (unpaired) electrons. The van der Waals surface area contributed by atoms with Gasteiger partial charge in [-0.3, -0.25) is 0 Å². The van der Waals surface area contributed by atoms with Gasteiger partial charge in [-0.2, -0.15) is 0 Å². The van der Waals surface area contributed by atoms with Crippen molar-refractivity contribution in [1.29, 1.82) is 0 Å². The minimum atomic E-state index is 0.624.